The van der Waals surface area contributed by atoms with Gasteiger partial charge in [0.05, 0.1) is 11.4 Å². The fourth-order valence-electron chi connectivity index (χ4n) is 3.14. The first kappa shape index (κ1) is 16.7. The number of rotatable bonds is 4. The second-order valence-electron chi connectivity index (χ2n) is 6.46. The van der Waals surface area contributed by atoms with Crippen LogP contribution in [0.3, 0.4) is 0 Å². The molecule has 6 nitrogen and oxygen atoms in total. The first-order chi connectivity index (χ1) is 13.7. The molecule has 4 heterocycles. The highest BCUT2D eigenvalue weighted by molar-refractivity contribution is 7.13. The molecule has 5 rings (SSSR count). The minimum absolute atomic E-state index is 0.110. The van der Waals surface area contributed by atoms with Crippen molar-refractivity contribution < 1.29 is 4.42 Å². The molecule has 0 aliphatic carbocycles. The molecular weight excluding hydrogens is 372 g/mol. The quantitative estimate of drug-likeness (QED) is 0.462. The molecule has 0 atom stereocenters. The Morgan fingerprint density at radius 3 is 2.75 bits per heavy atom. The Hall–Kier alpha value is -3.45. The fourth-order valence-corrected chi connectivity index (χ4v) is 3.82. The number of hydrogen-bond donors (Lipinski definition) is 0. The second kappa shape index (κ2) is 6.61. The third-order valence-electron chi connectivity index (χ3n) is 4.61. The summed E-state index contributed by atoms with van der Waals surface area (Å²) in [5.74, 6) is 1.27. The highest BCUT2D eigenvalue weighted by Crippen LogP contribution is 2.24. The molecule has 0 N–H and O–H groups in total. The van der Waals surface area contributed by atoms with Crippen molar-refractivity contribution in [1.82, 2.24) is 19.2 Å². The Labute approximate surface area is 164 Å². The van der Waals surface area contributed by atoms with Gasteiger partial charge in [-0.05, 0) is 36.6 Å². The number of hydrogen-bond acceptors (Lipinski definition) is 5. The van der Waals surface area contributed by atoms with Crippen LogP contribution in [0.25, 0.3) is 27.5 Å². The van der Waals surface area contributed by atoms with Crippen molar-refractivity contribution >= 4 is 16.9 Å². The van der Waals surface area contributed by atoms with Gasteiger partial charge in [0.1, 0.15) is 22.7 Å². The minimum atomic E-state index is -0.110. The van der Waals surface area contributed by atoms with E-state index < -0.39 is 0 Å². The van der Waals surface area contributed by atoms with E-state index in [1.54, 1.807) is 32.8 Å². The van der Waals surface area contributed by atoms with Crippen LogP contribution in [-0.2, 0) is 6.54 Å². The summed E-state index contributed by atoms with van der Waals surface area (Å²) in [5, 5.41) is 6.50. The zero-order chi connectivity index (χ0) is 19.1. The maximum Gasteiger partial charge on any atom is 0.276 e. The lowest BCUT2D eigenvalue weighted by Gasteiger charge is -2.03. The van der Waals surface area contributed by atoms with Crippen LogP contribution in [0.2, 0.25) is 0 Å². The topological polar surface area (TPSA) is 65.3 Å². The van der Waals surface area contributed by atoms with Crippen molar-refractivity contribution in [2.24, 2.45) is 0 Å². The molecule has 0 fully saturated rings. The molecule has 0 aliphatic heterocycles. The summed E-state index contributed by atoms with van der Waals surface area (Å²) in [6.07, 6.45) is 3.53. The van der Waals surface area contributed by atoms with E-state index in [4.69, 9.17) is 4.42 Å². The summed E-state index contributed by atoms with van der Waals surface area (Å²) in [6, 6.07) is 15.5. The first-order valence-electron chi connectivity index (χ1n) is 8.83. The zero-order valence-corrected chi connectivity index (χ0v) is 15.9. The third-order valence-corrected chi connectivity index (χ3v) is 5.50. The van der Waals surface area contributed by atoms with Crippen molar-refractivity contribution in [2.45, 2.75) is 13.5 Å². The minimum Gasteiger partial charge on any atom is -0.441 e. The molecule has 0 saturated carbocycles. The van der Waals surface area contributed by atoms with E-state index in [0.29, 0.717) is 23.7 Å². The number of aryl methyl sites for hydroxylation is 1. The van der Waals surface area contributed by atoms with Crippen LogP contribution in [0.4, 0.5) is 0 Å². The normalized spacial score (nSPS) is 11.3. The fraction of sp³-hybridized carbons (Fsp3) is 0.0952. The van der Waals surface area contributed by atoms with Gasteiger partial charge in [-0.1, -0.05) is 24.3 Å². The van der Waals surface area contributed by atoms with E-state index in [-0.39, 0.29) is 5.56 Å². The maximum absolute atomic E-state index is 13.0. The zero-order valence-electron chi connectivity index (χ0n) is 15.1. The van der Waals surface area contributed by atoms with Crippen LogP contribution in [0.15, 0.2) is 75.5 Å². The lowest BCUT2D eigenvalue weighted by molar-refractivity contribution is 0.537. The summed E-state index contributed by atoms with van der Waals surface area (Å²) in [7, 11) is 0. The molecule has 0 spiro atoms. The summed E-state index contributed by atoms with van der Waals surface area (Å²) >= 11 is 1.60. The van der Waals surface area contributed by atoms with Gasteiger partial charge in [-0.3, -0.25) is 4.79 Å². The van der Waals surface area contributed by atoms with Crippen LogP contribution >= 0.6 is 11.3 Å². The molecule has 0 radical (unpaired) electrons. The van der Waals surface area contributed by atoms with Crippen molar-refractivity contribution in [3.05, 3.63) is 88.1 Å². The van der Waals surface area contributed by atoms with Crippen molar-refractivity contribution in [3.63, 3.8) is 0 Å². The Morgan fingerprint density at radius 1 is 1.11 bits per heavy atom. The number of fused-ring (bicyclic) bond motifs is 1. The summed E-state index contributed by atoms with van der Waals surface area (Å²) in [4.78, 5) is 18.6. The van der Waals surface area contributed by atoms with Crippen molar-refractivity contribution in [2.75, 3.05) is 0 Å². The average molecular weight is 388 g/mol. The van der Waals surface area contributed by atoms with E-state index in [1.165, 1.54) is 0 Å². The van der Waals surface area contributed by atoms with Crippen LogP contribution < -0.4 is 5.56 Å². The molecule has 0 aliphatic rings. The van der Waals surface area contributed by atoms with E-state index in [1.807, 2.05) is 60.8 Å². The Bertz CT molecular complexity index is 1310. The molecule has 0 bridgehead atoms. The Kier molecular flexibility index (Phi) is 3.95. The van der Waals surface area contributed by atoms with Crippen LogP contribution in [0.1, 0.15) is 11.5 Å². The van der Waals surface area contributed by atoms with E-state index >= 15 is 0 Å². The number of benzene rings is 1. The maximum atomic E-state index is 13.0. The molecule has 5 aromatic rings. The van der Waals surface area contributed by atoms with Gasteiger partial charge in [-0.15, -0.1) is 11.3 Å². The van der Waals surface area contributed by atoms with Crippen LogP contribution in [-0.4, -0.2) is 19.2 Å². The lowest BCUT2D eigenvalue weighted by Crippen LogP contribution is -2.22. The predicted molar refractivity (Wildman–Crippen MR) is 109 cm³/mol. The smallest absolute Gasteiger partial charge is 0.276 e. The second-order valence-corrected chi connectivity index (χ2v) is 7.40. The highest BCUT2D eigenvalue weighted by atomic mass is 32.1. The highest BCUT2D eigenvalue weighted by Gasteiger charge is 2.14. The predicted octanol–water partition coefficient (Wildman–Crippen LogP) is 4.24. The molecule has 7 heteroatoms. The number of oxazole rings is 1. The van der Waals surface area contributed by atoms with E-state index in [0.717, 1.165) is 21.8 Å². The molecule has 0 unspecified atom stereocenters. The van der Waals surface area contributed by atoms with Gasteiger partial charge in [0.25, 0.3) is 5.56 Å². The van der Waals surface area contributed by atoms with Gasteiger partial charge in [0.15, 0.2) is 0 Å². The number of thiophene rings is 1. The van der Waals surface area contributed by atoms with Gasteiger partial charge in [-0.2, -0.15) is 5.10 Å². The lowest BCUT2D eigenvalue weighted by atomic mass is 10.2. The molecule has 4 aromatic heterocycles. The first-order valence-corrected chi connectivity index (χ1v) is 9.71. The standard InChI is InChI=1S/C21H16N4O2S/c1-14-17(22-20(27-14)15-6-3-2-4-7-15)13-24-9-10-25-18(21(24)26)12-16(23-25)19-8-5-11-28-19/h2-12H,13H2,1H3. The average Bonchev–Trinajstić information content (AvgIpc) is 3.45. The largest absolute Gasteiger partial charge is 0.441 e. The molecule has 0 amide bonds. The van der Waals surface area contributed by atoms with Gasteiger partial charge < -0.3 is 8.98 Å². The van der Waals surface area contributed by atoms with Crippen LogP contribution in [0.5, 0.6) is 0 Å². The number of nitrogens with zero attached hydrogens (tertiary/aromatic N) is 4. The third kappa shape index (κ3) is 2.86. The van der Waals surface area contributed by atoms with Crippen molar-refractivity contribution in [1.29, 1.82) is 0 Å². The molecule has 28 heavy (non-hydrogen) atoms. The van der Waals surface area contributed by atoms with Gasteiger partial charge in [0.2, 0.25) is 5.89 Å². The summed E-state index contributed by atoms with van der Waals surface area (Å²) in [6.45, 7) is 2.21. The van der Waals surface area contributed by atoms with Crippen molar-refractivity contribution in [3.8, 4) is 22.0 Å². The molecule has 138 valence electrons. The SMILES string of the molecule is Cc1oc(-c2ccccc2)nc1Cn1ccn2nc(-c3cccs3)cc2c1=O. The van der Waals surface area contributed by atoms with Gasteiger partial charge in [-0.25, -0.2) is 9.50 Å². The Balaban J connectivity index is 1.51. The Morgan fingerprint density at radius 2 is 1.96 bits per heavy atom. The molecule has 1 aromatic carbocycles. The van der Waals surface area contributed by atoms with E-state index in [9.17, 15) is 4.79 Å². The summed E-state index contributed by atoms with van der Waals surface area (Å²) in [5.41, 5.74) is 2.88. The molecule has 0 saturated heterocycles. The molecular formula is C21H16N4O2S. The van der Waals surface area contributed by atoms with Gasteiger partial charge in [0, 0.05) is 18.0 Å². The number of aromatic nitrogens is 4. The van der Waals surface area contributed by atoms with Gasteiger partial charge >= 0.3 is 0 Å². The van der Waals surface area contributed by atoms with E-state index in [2.05, 4.69) is 10.1 Å². The van der Waals surface area contributed by atoms with Crippen LogP contribution in [0, 0.1) is 6.92 Å². The summed E-state index contributed by atoms with van der Waals surface area (Å²) < 4.78 is 9.07. The monoisotopic (exact) mass is 388 g/mol.